The van der Waals surface area contributed by atoms with Gasteiger partial charge in [0, 0.05) is 46.3 Å². The van der Waals surface area contributed by atoms with Crippen LogP contribution in [0.5, 0.6) is 0 Å². The van der Waals surface area contributed by atoms with Crippen LogP contribution in [0.25, 0.3) is 10.9 Å². The minimum atomic E-state index is -0.0784. The smallest absolute Gasteiger partial charge is 0.251 e. The lowest BCUT2D eigenvalue weighted by Crippen LogP contribution is -2.26. The van der Waals surface area contributed by atoms with Crippen LogP contribution in [0.15, 0.2) is 90.0 Å². The van der Waals surface area contributed by atoms with E-state index in [1.807, 2.05) is 54.6 Å². The molecule has 0 atom stereocenters. The highest BCUT2D eigenvalue weighted by molar-refractivity contribution is 8.00. The Kier molecular flexibility index (Phi) is 7.47. The normalized spacial score (nSPS) is 10.8. The summed E-state index contributed by atoms with van der Waals surface area (Å²) in [6.07, 6.45) is 3.04. The van der Waals surface area contributed by atoms with Crippen molar-refractivity contribution in [2.24, 2.45) is 0 Å². The molecule has 0 aliphatic carbocycles. The van der Waals surface area contributed by atoms with Gasteiger partial charge in [0.1, 0.15) is 0 Å². The molecule has 4 aromatic rings. The van der Waals surface area contributed by atoms with Crippen molar-refractivity contribution in [3.05, 3.63) is 96.2 Å². The number of carbonyl (C=O) groups is 2. The van der Waals surface area contributed by atoms with Gasteiger partial charge in [-0.05, 0) is 42.3 Å². The Bertz CT molecular complexity index is 1230. The molecule has 0 aliphatic rings. The topological polar surface area (TPSA) is 63.1 Å². The molecule has 5 nitrogen and oxygen atoms in total. The number of thioether (sulfide) groups is 1. The summed E-state index contributed by atoms with van der Waals surface area (Å²) < 4.78 is 2.13. The molecule has 0 spiro atoms. The summed E-state index contributed by atoms with van der Waals surface area (Å²) in [5.74, 6) is 0.218. The van der Waals surface area contributed by atoms with Crippen molar-refractivity contribution in [3.63, 3.8) is 0 Å². The highest BCUT2D eigenvalue weighted by Gasteiger charge is 2.12. The van der Waals surface area contributed by atoms with Crippen molar-refractivity contribution in [3.8, 4) is 0 Å². The molecule has 1 aromatic heterocycles. The number of carbonyl (C=O) groups excluding carboxylic acids is 2. The zero-order chi connectivity index (χ0) is 23.0. The quantitative estimate of drug-likeness (QED) is 0.332. The molecule has 1 heterocycles. The van der Waals surface area contributed by atoms with Crippen LogP contribution < -0.4 is 10.6 Å². The molecule has 0 unspecified atom stereocenters. The molecule has 0 fully saturated rings. The number of nitrogens with zero attached hydrogens (tertiary/aromatic N) is 1. The molecule has 0 radical (unpaired) electrons. The highest BCUT2D eigenvalue weighted by Crippen LogP contribution is 2.30. The van der Waals surface area contributed by atoms with Gasteiger partial charge in [-0.25, -0.2) is 0 Å². The van der Waals surface area contributed by atoms with Gasteiger partial charge >= 0.3 is 0 Å². The third-order valence-corrected chi connectivity index (χ3v) is 6.47. The van der Waals surface area contributed by atoms with Crippen LogP contribution in [-0.4, -0.2) is 28.7 Å². The number of para-hydroxylation sites is 1. The Morgan fingerprint density at radius 2 is 1.64 bits per heavy atom. The van der Waals surface area contributed by atoms with E-state index in [0.717, 1.165) is 27.9 Å². The van der Waals surface area contributed by atoms with Gasteiger partial charge in [0.15, 0.2) is 0 Å². The van der Waals surface area contributed by atoms with Crippen molar-refractivity contribution in [1.29, 1.82) is 0 Å². The van der Waals surface area contributed by atoms with Crippen molar-refractivity contribution >= 4 is 40.2 Å². The lowest BCUT2D eigenvalue weighted by molar-refractivity contribution is -0.113. The predicted molar refractivity (Wildman–Crippen MR) is 136 cm³/mol. The monoisotopic (exact) mass is 457 g/mol. The van der Waals surface area contributed by atoms with Crippen LogP contribution in [0.2, 0.25) is 0 Å². The maximum atomic E-state index is 12.5. The van der Waals surface area contributed by atoms with E-state index in [4.69, 9.17) is 0 Å². The zero-order valence-corrected chi connectivity index (χ0v) is 19.4. The van der Waals surface area contributed by atoms with Gasteiger partial charge in [-0.3, -0.25) is 9.59 Å². The molecule has 2 amide bonds. The van der Waals surface area contributed by atoms with Crippen molar-refractivity contribution in [2.75, 3.05) is 17.6 Å². The first-order chi connectivity index (χ1) is 16.1. The lowest BCUT2D eigenvalue weighted by atomic mass is 10.1. The van der Waals surface area contributed by atoms with Crippen LogP contribution in [0.4, 0.5) is 5.69 Å². The Balaban J connectivity index is 1.37. The van der Waals surface area contributed by atoms with Crippen LogP contribution in [0, 0.1) is 0 Å². The van der Waals surface area contributed by atoms with Gasteiger partial charge in [-0.1, -0.05) is 55.5 Å². The first-order valence-electron chi connectivity index (χ1n) is 11.1. The van der Waals surface area contributed by atoms with E-state index in [-0.39, 0.29) is 11.8 Å². The van der Waals surface area contributed by atoms with Crippen LogP contribution in [0.3, 0.4) is 0 Å². The Morgan fingerprint density at radius 3 is 2.39 bits per heavy atom. The fraction of sp³-hybridized carbons (Fsp3) is 0.185. The first kappa shape index (κ1) is 22.7. The van der Waals surface area contributed by atoms with E-state index in [1.165, 1.54) is 17.3 Å². The van der Waals surface area contributed by atoms with E-state index >= 15 is 0 Å². The molecule has 33 heavy (non-hydrogen) atoms. The maximum Gasteiger partial charge on any atom is 0.251 e. The summed E-state index contributed by atoms with van der Waals surface area (Å²) in [7, 11) is 0. The van der Waals surface area contributed by atoms with Crippen molar-refractivity contribution in [1.82, 2.24) is 9.88 Å². The second kappa shape index (κ2) is 10.9. The van der Waals surface area contributed by atoms with Crippen molar-refractivity contribution in [2.45, 2.75) is 24.8 Å². The largest absolute Gasteiger partial charge is 0.350 e. The van der Waals surface area contributed by atoms with Crippen molar-refractivity contribution < 1.29 is 9.59 Å². The molecule has 0 saturated carbocycles. The molecule has 2 N–H and O–H groups in total. The SMILES string of the molecule is CCc1ccc(NC(=O)CSc2cn(CCNC(=O)c3ccccc3)c3ccccc23)cc1. The number of anilines is 1. The zero-order valence-electron chi connectivity index (χ0n) is 18.6. The van der Waals surface area contributed by atoms with Crippen LogP contribution in [-0.2, 0) is 17.8 Å². The summed E-state index contributed by atoms with van der Waals surface area (Å²) in [6.45, 7) is 3.28. The minimum absolute atomic E-state index is 0.0313. The van der Waals surface area contributed by atoms with E-state index in [1.54, 1.807) is 12.1 Å². The molecular formula is C27H27N3O2S. The molecule has 0 saturated heterocycles. The molecule has 0 bridgehead atoms. The fourth-order valence-corrected chi connectivity index (χ4v) is 4.55. The average Bonchev–Trinajstić information content (AvgIpc) is 3.21. The van der Waals surface area contributed by atoms with Gasteiger partial charge < -0.3 is 15.2 Å². The maximum absolute atomic E-state index is 12.5. The Morgan fingerprint density at radius 1 is 0.909 bits per heavy atom. The molecule has 3 aromatic carbocycles. The number of fused-ring (bicyclic) bond motifs is 1. The number of amides is 2. The summed E-state index contributed by atoms with van der Waals surface area (Å²) in [4.78, 5) is 25.8. The molecule has 0 aliphatic heterocycles. The number of hydrogen-bond donors (Lipinski definition) is 2. The first-order valence-corrected chi connectivity index (χ1v) is 12.1. The summed E-state index contributed by atoms with van der Waals surface area (Å²) in [6, 6.07) is 25.3. The van der Waals surface area contributed by atoms with E-state index in [9.17, 15) is 9.59 Å². The minimum Gasteiger partial charge on any atom is -0.350 e. The molecule has 4 rings (SSSR count). The summed E-state index contributed by atoms with van der Waals surface area (Å²) in [5, 5.41) is 7.05. The highest BCUT2D eigenvalue weighted by atomic mass is 32.2. The Hall–Kier alpha value is -3.51. The third-order valence-electron chi connectivity index (χ3n) is 5.43. The van der Waals surface area contributed by atoms with Crippen LogP contribution >= 0.6 is 11.8 Å². The average molecular weight is 458 g/mol. The summed E-state index contributed by atoms with van der Waals surface area (Å²) >= 11 is 1.52. The number of aromatic nitrogens is 1. The Labute approximate surface area is 198 Å². The molecular weight excluding hydrogens is 430 g/mol. The van der Waals surface area contributed by atoms with E-state index in [0.29, 0.717) is 24.4 Å². The predicted octanol–water partition coefficient (Wildman–Crippen LogP) is 5.36. The van der Waals surface area contributed by atoms with Gasteiger partial charge in [-0.2, -0.15) is 0 Å². The second-order valence-electron chi connectivity index (χ2n) is 7.71. The lowest BCUT2D eigenvalue weighted by Gasteiger charge is -2.07. The van der Waals surface area contributed by atoms with Crippen LogP contribution in [0.1, 0.15) is 22.8 Å². The second-order valence-corrected chi connectivity index (χ2v) is 8.73. The van der Waals surface area contributed by atoms with Gasteiger partial charge in [-0.15, -0.1) is 11.8 Å². The number of nitrogens with one attached hydrogen (secondary N) is 2. The number of benzene rings is 3. The summed E-state index contributed by atoms with van der Waals surface area (Å²) in [5.41, 5.74) is 3.80. The number of rotatable bonds is 9. The van der Waals surface area contributed by atoms with Gasteiger partial charge in [0.05, 0.1) is 5.75 Å². The number of hydrogen-bond acceptors (Lipinski definition) is 3. The standard InChI is InChI=1S/C27H27N3O2S/c1-2-20-12-14-22(15-13-20)29-26(31)19-33-25-18-30(24-11-7-6-10-23(24)25)17-16-28-27(32)21-8-4-3-5-9-21/h3-15,18H,2,16-17,19H2,1H3,(H,28,32)(H,29,31). The van der Waals surface area contributed by atoms with E-state index < -0.39 is 0 Å². The third kappa shape index (κ3) is 5.84. The molecule has 168 valence electrons. The number of aryl methyl sites for hydroxylation is 1. The fourth-order valence-electron chi connectivity index (χ4n) is 3.66. The van der Waals surface area contributed by atoms with Gasteiger partial charge in [0.25, 0.3) is 5.91 Å². The van der Waals surface area contributed by atoms with E-state index in [2.05, 4.69) is 40.5 Å². The molecule has 6 heteroatoms. The van der Waals surface area contributed by atoms with Gasteiger partial charge in [0.2, 0.25) is 5.91 Å².